The van der Waals surface area contributed by atoms with Crippen molar-refractivity contribution in [3.05, 3.63) is 0 Å². The highest BCUT2D eigenvalue weighted by Gasteiger charge is 2.49. The zero-order valence-electron chi connectivity index (χ0n) is 11.0. The Balaban J connectivity index is 2.98. The first kappa shape index (κ1) is 17.2. The second-order valence-corrected chi connectivity index (χ2v) is 4.93. The van der Waals surface area contributed by atoms with Crippen LogP contribution in [-0.4, -0.2) is 86.0 Å². The van der Waals surface area contributed by atoms with Crippen LogP contribution in [0.2, 0.25) is 0 Å². The summed E-state index contributed by atoms with van der Waals surface area (Å²) in [5.74, 6) is -2.61. The SMILES string of the molecule is CC(=O)N[C@H]1[C@H]([C@H](O)[C@H](O)CO)O[C@](O)(CO)C[C@@H]1O. The molecule has 1 heterocycles. The number of nitrogens with one attached hydrogen (secondary N) is 1. The molecule has 1 fully saturated rings. The molecule has 0 saturated carbocycles. The Morgan fingerprint density at radius 3 is 2.50 bits per heavy atom. The molecule has 7 N–H and O–H groups in total. The maximum absolute atomic E-state index is 11.1. The van der Waals surface area contributed by atoms with E-state index in [1.54, 1.807) is 0 Å². The van der Waals surface area contributed by atoms with Gasteiger partial charge >= 0.3 is 0 Å². The molecule has 0 aromatic rings. The summed E-state index contributed by atoms with van der Waals surface area (Å²) in [7, 11) is 0. The van der Waals surface area contributed by atoms with E-state index in [9.17, 15) is 25.2 Å². The highest BCUT2D eigenvalue weighted by Crippen LogP contribution is 2.29. The average molecular weight is 295 g/mol. The van der Waals surface area contributed by atoms with Crippen molar-refractivity contribution in [1.82, 2.24) is 5.32 Å². The predicted molar refractivity (Wildman–Crippen MR) is 64.2 cm³/mol. The van der Waals surface area contributed by atoms with Crippen LogP contribution in [0.1, 0.15) is 13.3 Å². The molecule has 1 saturated heterocycles. The number of aliphatic hydroxyl groups excluding tert-OH is 5. The van der Waals surface area contributed by atoms with Crippen molar-refractivity contribution >= 4 is 5.91 Å². The van der Waals surface area contributed by atoms with Gasteiger partial charge in [0.2, 0.25) is 5.91 Å². The molecule has 20 heavy (non-hydrogen) atoms. The van der Waals surface area contributed by atoms with E-state index in [1.807, 2.05) is 0 Å². The first-order valence-corrected chi connectivity index (χ1v) is 6.17. The smallest absolute Gasteiger partial charge is 0.217 e. The lowest BCUT2D eigenvalue weighted by Crippen LogP contribution is -2.66. The number of carbonyl (C=O) groups is 1. The van der Waals surface area contributed by atoms with Crippen molar-refractivity contribution in [1.29, 1.82) is 0 Å². The van der Waals surface area contributed by atoms with Gasteiger partial charge in [-0.15, -0.1) is 0 Å². The van der Waals surface area contributed by atoms with Gasteiger partial charge in [-0.3, -0.25) is 4.79 Å². The van der Waals surface area contributed by atoms with Gasteiger partial charge < -0.3 is 40.7 Å². The van der Waals surface area contributed by atoms with Gasteiger partial charge in [0.15, 0.2) is 5.79 Å². The molecule has 0 unspecified atom stereocenters. The predicted octanol–water partition coefficient (Wildman–Crippen LogP) is -3.96. The molecule has 9 nitrogen and oxygen atoms in total. The Morgan fingerprint density at radius 2 is 2.05 bits per heavy atom. The van der Waals surface area contributed by atoms with E-state index in [2.05, 4.69) is 5.32 Å². The molecule has 0 bridgehead atoms. The fourth-order valence-corrected chi connectivity index (χ4v) is 2.17. The Bertz CT molecular complexity index is 340. The third kappa shape index (κ3) is 3.85. The average Bonchev–Trinajstić information content (AvgIpc) is 2.39. The van der Waals surface area contributed by atoms with Gasteiger partial charge in [0.1, 0.15) is 18.3 Å². The molecule has 0 aliphatic carbocycles. The van der Waals surface area contributed by atoms with E-state index in [0.29, 0.717) is 0 Å². The lowest BCUT2D eigenvalue weighted by molar-refractivity contribution is -0.312. The standard InChI is InChI=1S/C11H21NO8/c1-5(15)12-8-6(16)2-11(19,4-14)20-10(8)9(18)7(17)3-13/h6-10,13-14,16-19H,2-4H2,1H3,(H,12,15)/t6-,7+,8+,9+,10+,11-/m0/s1. The van der Waals surface area contributed by atoms with E-state index in [4.69, 9.17) is 14.9 Å². The molecule has 0 spiro atoms. The molecule has 6 atom stereocenters. The summed E-state index contributed by atoms with van der Waals surface area (Å²) in [5.41, 5.74) is 0. The van der Waals surface area contributed by atoms with Gasteiger partial charge in [-0.25, -0.2) is 0 Å². The minimum absolute atomic E-state index is 0.382. The minimum atomic E-state index is -2.10. The van der Waals surface area contributed by atoms with Crippen molar-refractivity contribution in [2.24, 2.45) is 0 Å². The second-order valence-electron chi connectivity index (χ2n) is 4.93. The van der Waals surface area contributed by atoms with Gasteiger partial charge in [-0.05, 0) is 0 Å². The summed E-state index contributed by atoms with van der Waals surface area (Å²) < 4.78 is 5.10. The van der Waals surface area contributed by atoms with Crippen LogP contribution in [0.15, 0.2) is 0 Å². The molecular formula is C11H21NO8. The molecule has 0 aromatic heterocycles. The van der Waals surface area contributed by atoms with Crippen LogP contribution in [0, 0.1) is 0 Å². The number of amides is 1. The van der Waals surface area contributed by atoms with Gasteiger partial charge in [0, 0.05) is 13.3 Å². The first-order chi connectivity index (χ1) is 9.24. The zero-order valence-corrected chi connectivity index (χ0v) is 11.0. The van der Waals surface area contributed by atoms with Crippen LogP contribution >= 0.6 is 0 Å². The summed E-state index contributed by atoms with van der Waals surface area (Å²) in [6, 6.07) is -1.10. The Morgan fingerprint density at radius 1 is 1.45 bits per heavy atom. The largest absolute Gasteiger partial charge is 0.394 e. The van der Waals surface area contributed by atoms with Crippen LogP contribution in [0.3, 0.4) is 0 Å². The maximum atomic E-state index is 11.1. The van der Waals surface area contributed by atoms with Gasteiger partial charge in [-0.2, -0.15) is 0 Å². The monoisotopic (exact) mass is 295 g/mol. The van der Waals surface area contributed by atoms with Crippen LogP contribution in [0.5, 0.6) is 0 Å². The van der Waals surface area contributed by atoms with Crippen molar-refractivity contribution in [2.45, 2.75) is 49.6 Å². The number of carbonyl (C=O) groups excluding carboxylic acids is 1. The molecule has 9 heteroatoms. The Labute approximate surface area is 115 Å². The van der Waals surface area contributed by atoms with Crippen molar-refractivity contribution in [3.63, 3.8) is 0 Å². The Hall–Kier alpha value is -0.810. The minimum Gasteiger partial charge on any atom is -0.394 e. The third-order valence-electron chi connectivity index (χ3n) is 3.19. The number of hydrogen-bond donors (Lipinski definition) is 7. The van der Waals surface area contributed by atoms with Crippen molar-refractivity contribution < 1.29 is 40.2 Å². The number of hydrogen-bond acceptors (Lipinski definition) is 8. The Kier molecular flexibility index (Phi) is 5.83. The molecular weight excluding hydrogens is 274 g/mol. The van der Waals surface area contributed by atoms with E-state index in [-0.39, 0.29) is 6.42 Å². The third-order valence-corrected chi connectivity index (χ3v) is 3.19. The molecule has 0 radical (unpaired) electrons. The lowest BCUT2D eigenvalue weighted by Gasteiger charge is -2.45. The summed E-state index contributed by atoms with van der Waals surface area (Å²) in [5, 5.41) is 59.4. The zero-order chi connectivity index (χ0) is 15.5. The van der Waals surface area contributed by atoms with Gasteiger partial charge in [0.25, 0.3) is 0 Å². The lowest BCUT2D eigenvalue weighted by atomic mass is 9.89. The van der Waals surface area contributed by atoms with Crippen LogP contribution in [-0.2, 0) is 9.53 Å². The normalized spacial score (nSPS) is 37.2. The molecule has 1 rings (SSSR count). The van der Waals surface area contributed by atoms with Crippen LogP contribution in [0.4, 0.5) is 0 Å². The van der Waals surface area contributed by atoms with E-state index in [1.165, 1.54) is 6.92 Å². The quantitative estimate of drug-likeness (QED) is 0.270. The maximum Gasteiger partial charge on any atom is 0.217 e. The first-order valence-electron chi connectivity index (χ1n) is 6.17. The molecule has 118 valence electrons. The van der Waals surface area contributed by atoms with Crippen molar-refractivity contribution in [3.8, 4) is 0 Å². The van der Waals surface area contributed by atoms with E-state index >= 15 is 0 Å². The van der Waals surface area contributed by atoms with Gasteiger partial charge in [0.05, 0.1) is 25.4 Å². The van der Waals surface area contributed by atoms with Gasteiger partial charge in [-0.1, -0.05) is 0 Å². The van der Waals surface area contributed by atoms with Crippen LogP contribution in [0.25, 0.3) is 0 Å². The topological polar surface area (TPSA) is 160 Å². The van der Waals surface area contributed by atoms with E-state index < -0.39 is 55.4 Å². The van der Waals surface area contributed by atoms with E-state index in [0.717, 1.165) is 0 Å². The summed E-state index contributed by atoms with van der Waals surface area (Å²) in [6.07, 6.45) is -6.36. The molecule has 1 aliphatic rings. The summed E-state index contributed by atoms with van der Waals surface area (Å²) in [6.45, 7) is -0.428. The summed E-state index contributed by atoms with van der Waals surface area (Å²) >= 11 is 0. The number of aliphatic hydroxyl groups is 6. The number of ether oxygens (including phenoxy) is 1. The molecule has 1 aliphatic heterocycles. The molecule has 1 amide bonds. The number of rotatable bonds is 5. The highest BCUT2D eigenvalue weighted by molar-refractivity contribution is 5.73. The summed E-state index contributed by atoms with van der Waals surface area (Å²) in [4.78, 5) is 11.1. The molecule has 0 aromatic carbocycles. The fourth-order valence-electron chi connectivity index (χ4n) is 2.17. The highest BCUT2D eigenvalue weighted by atomic mass is 16.7. The van der Waals surface area contributed by atoms with Crippen LogP contribution < -0.4 is 5.32 Å². The van der Waals surface area contributed by atoms with Crippen molar-refractivity contribution in [2.75, 3.05) is 13.2 Å². The fraction of sp³-hybridized carbons (Fsp3) is 0.909. The second kappa shape index (κ2) is 6.76.